The topological polar surface area (TPSA) is 149 Å². The molecule has 3 N–H and O–H groups in total. The van der Waals surface area contributed by atoms with E-state index in [1.54, 1.807) is 0 Å². The fourth-order valence-electron chi connectivity index (χ4n) is 5.49. The average molecular weight is 773 g/mol. The maximum absolute atomic E-state index is 12.6. The Morgan fingerprint density at radius 1 is 0.566 bits per heavy atom. The lowest BCUT2D eigenvalue weighted by atomic mass is 10.1. The van der Waals surface area contributed by atoms with Gasteiger partial charge in [-0.05, 0) is 57.8 Å². The van der Waals surface area contributed by atoms with Gasteiger partial charge >= 0.3 is 19.8 Å². The Bertz CT molecular complexity index is 983. The zero-order valence-electron chi connectivity index (χ0n) is 33.5. The summed E-state index contributed by atoms with van der Waals surface area (Å²) in [6.07, 6.45) is 38.2. The number of aliphatic hydroxyl groups excluding tert-OH is 2. The Labute approximate surface area is 322 Å². The lowest BCUT2D eigenvalue weighted by Gasteiger charge is -2.20. The van der Waals surface area contributed by atoms with E-state index in [9.17, 15) is 24.2 Å². The smallest absolute Gasteiger partial charge is 0.462 e. The van der Waals surface area contributed by atoms with Gasteiger partial charge in [0.1, 0.15) is 12.7 Å². The molecule has 3 atom stereocenters. The minimum atomic E-state index is -4.62. The van der Waals surface area contributed by atoms with Crippen LogP contribution in [0.5, 0.6) is 0 Å². The molecule has 0 saturated heterocycles. The third-order valence-corrected chi connectivity index (χ3v) is 9.75. The van der Waals surface area contributed by atoms with Crippen molar-refractivity contribution in [2.45, 2.75) is 193 Å². The average Bonchev–Trinajstić information content (AvgIpc) is 3.14. The van der Waals surface area contributed by atoms with Crippen molar-refractivity contribution in [2.75, 3.05) is 26.4 Å². The third kappa shape index (κ3) is 38.3. The van der Waals surface area contributed by atoms with E-state index in [0.29, 0.717) is 12.8 Å². The van der Waals surface area contributed by atoms with E-state index in [1.165, 1.54) is 83.5 Å². The summed E-state index contributed by atoms with van der Waals surface area (Å²) in [5.41, 5.74) is 0. The fourth-order valence-corrected chi connectivity index (χ4v) is 6.28. The standard InChI is InChI=1S/C42H77O10P/c1-3-5-7-9-11-13-15-17-19-21-23-25-27-29-31-33-41(45)49-37-40(38-51-53(47,48)50-36-39(44)35-43)52-42(46)34-32-30-28-26-24-22-20-18-16-14-12-10-8-6-4-2/h10,12-13,15,17,19,39-40,43-44H,3-9,11,14,16,18,20-38H2,1-2H3,(H,47,48)/b12-10+,15-13+,19-17+/t39-,40+/m0/s1. The van der Waals surface area contributed by atoms with Crippen molar-refractivity contribution < 1.29 is 47.8 Å². The Morgan fingerprint density at radius 2 is 1.00 bits per heavy atom. The van der Waals surface area contributed by atoms with Crippen LogP contribution in [0, 0.1) is 0 Å². The maximum Gasteiger partial charge on any atom is 0.472 e. The van der Waals surface area contributed by atoms with Crippen LogP contribution in [0.3, 0.4) is 0 Å². The van der Waals surface area contributed by atoms with Crippen LogP contribution in [0.15, 0.2) is 36.5 Å². The van der Waals surface area contributed by atoms with Crippen LogP contribution in [0.4, 0.5) is 0 Å². The fraction of sp³-hybridized carbons (Fsp3) is 0.810. The van der Waals surface area contributed by atoms with Crippen molar-refractivity contribution >= 4 is 19.8 Å². The van der Waals surface area contributed by atoms with Crippen molar-refractivity contribution in [3.05, 3.63) is 36.5 Å². The predicted molar refractivity (Wildman–Crippen MR) is 214 cm³/mol. The van der Waals surface area contributed by atoms with Crippen molar-refractivity contribution in [2.24, 2.45) is 0 Å². The molecule has 0 rings (SSSR count). The molecular weight excluding hydrogens is 695 g/mol. The predicted octanol–water partition coefficient (Wildman–Crippen LogP) is 10.8. The van der Waals surface area contributed by atoms with E-state index >= 15 is 0 Å². The summed E-state index contributed by atoms with van der Waals surface area (Å²) in [7, 11) is -4.62. The molecule has 0 heterocycles. The lowest BCUT2D eigenvalue weighted by molar-refractivity contribution is -0.161. The summed E-state index contributed by atoms with van der Waals surface area (Å²) in [6.45, 7) is 2.31. The number of carbonyl (C=O) groups excluding carboxylic acids is 2. The van der Waals surface area contributed by atoms with Crippen LogP contribution in [0.25, 0.3) is 0 Å². The van der Waals surface area contributed by atoms with Gasteiger partial charge in [-0.25, -0.2) is 4.57 Å². The number of unbranched alkanes of at least 4 members (excludes halogenated alkanes) is 20. The Kier molecular flexibility index (Phi) is 37.2. The van der Waals surface area contributed by atoms with Crippen LogP contribution in [-0.4, -0.2) is 65.7 Å². The van der Waals surface area contributed by atoms with Gasteiger partial charge in [0.2, 0.25) is 0 Å². The number of hydrogen-bond acceptors (Lipinski definition) is 9. The monoisotopic (exact) mass is 773 g/mol. The largest absolute Gasteiger partial charge is 0.472 e. The number of aliphatic hydroxyl groups is 2. The van der Waals surface area contributed by atoms with Crippen LogP contribution in [0.1, 0.15) is 181 Å². The van der Waals surface area contributed by atoms with Gasteiger partial charge in [-0.15, -0.1) is 0 Å². The molecule has 0 aromatic rings. The third-order valence-electron chi connectivity index (χ3n) is 8.79. The van der Waals surface area contributed by atoms with Gasteiger partial charge in [-0.1, -0.05) is 147 Å². The molecule has 0 amide bonds. The second kappa shape index (κ2) is 38.5. The molecule has 0 saturated carbocycles. The van der Waals surface area contributed by atoms with Gasteiger partial charge in [-0.2, -0.15) is 0 Å². The van der Waals surface area contributed by atoms with E-state index in [0.717, 1.165) is 57.8 Å². The summed E-state index contributed by atoms with van der Waals surface area (Å²) in [4.78, 5) is 34.9. The van der Waals surface area contributed by atoms with E-state index in [4.69, 9.17) is 19.1 Å². The highest BCUT2D eigenvalue weighted by atomic mass is 31.2. The van der Waals surface area contributed by atoms with Crippen molar-refractivity contribution in [1.82, 2.24) is 0 Å². The molecule has 0 fully saturated rings. The number of rotatable bonds is 39. The molecule has 0 spiro atoms. The first-order valence-corrected chi connectivity index (χ1v) is 22.5. The SMILES string of the molecule is CCCC/C=C/CCCCCCCCCCCC(=O)O[C@H](COC(=O)CCCCCCC/C=C/C=C/CCCCCC)COP(=O)(O)OC[C@@H](O)CO. The van der Waals surface area contributed by atoms with Crippen LogP contribution < -0.4 is 0 Å². The van der Waals surface area contributed by atoms with E-state index in [1.807, 2.05) is 0 Å². The second-order valence-corrected chi connectivity index (χ2v) is 15.5. The molecule has 1 unspecified atom stereocenters. The number of esters is 2. The Morgan fingerprint density at radius 3 is 1.53 bits per heavy atom. The molecule has 11 heteroatoms. The minimum Gasteiger partial charge on any atom is -0.462 e. The molecule has 0 aliphatic rings. The summed E-state index contributed by atoms with van der Waals surface area (Å²) >= 11 is 0. The van der Waals surface area contributed by atoms with Gasteiger partial charge in [0.25, 0.3) is 0 Å². The van der Waals surface area contributed by atoms with Crippen molar-refractivity contribution in [3.8, 4) is 0 Å². The van der Waals surface area contributed by atoms with Crippen LogP contribution in [0.2, 0.25) is 0 Å². The molecule has 53 heavy (non-hydrogen) atoms. The van der Waals surface area contributed by atoms with Crippen LogP contribution in [-0.2, 0) is 32.7 Å². The number of phosphoric ester groups is 1. The quantitative estimate of drug-likeness (QED) is 0.0181. The number of carbonyl (C=O) groups is 2. The van der Waals surface area contributed by atoms with Crippen LogP contribution >= 0.6 is 7.82 Å². The lowest BCUT2D eigenvalue weighted by Crippen LogP contribution is -2.29. The summed E-state index contributed by atoms with van der Waals surface area (Å²) in [5.74, 6) is -0.944. The van der Waals surface area contributed by atoms with E-state index in [-0.39, 0.29) is 19.4 Å². The Hall–Kier alpha value is -1.81. The normalized spacial score (nSPS) is 14.3. The molecule has 0 aliphatic carbocycles. The molecule has 0 aliphatic heterocycles. The first kappa shape index (κ1) is 51.2. The molecule has 10 nitrogen and oxygen atoms in total. The highest BCUT2D eigenvalue weighted by Gasteiger charge is 2.27. The van der Waals surface area contributed by atoms with Gasteiger partial charge in [0.15, 0.2) is 6.10 Å². The van der Waals surface area contributed by atoms with Gasteiger partial charge in [-0.3, -0.25) is 18.6 Å². The first-order chi connectivity index (χ1) is 25.7. The molecular formula is C42H77O10P. The highest BCUT2D eigenvalue weighted by Crippen LogP contribution is 2.43. The molecule has 310 valence electrons. The number of allylic oxidation sites excluding steroid dienone is 6. The molecule has 0 bridgehead atoms. The van der Waals surface area contributed by atoms with Gasteiger partial charge < -0.3 is 24.6 Å². The summed E-state index contributed by atoms with van der Waals surface area (Å²) in [6, 6.07) is 0. The number of phosphoric acid groups is 1. The van der Waals surface area contributed by atoms with E-state index in [2.05, 4.69) is 54.8 Å². The van der Waals surface area contributed by atoms with E-state index < -0.39 is 51.8 Å². The summed E-state index contributed by atoms with van der Waals surface area (Å²) in [5, 5.41) is 18.3. The zero-order valence-corrected chi connectivity index (χ0v) is 34.4. The van der Waals surface area contributed by atoms with Crippen molar-refractivity contribution in [3.63, 3.8) is 0 Å². The zero-order chi connectivity index (χ0) is 39.1. The number of ether oxygens (including phenoxy) is 2. The number of hydrogen-bond donors (Lipinski definition) is 3. The van der Waals surface area contributed by atoms with Gasteiger partial charge in [0.05, 0.1) is 19.8 Å². The van der Waals surface area contributed by atoms with Gasteiger partial charge in [0, 0.05) is 12.8 Å². The first-order valence-electron chi connectivity index (χ1n) is 21.0. The second-order valence-electron chi connectivity index (χ2n) is 14.0. The highest BCUT2D eigenvalue weighted by molar-refractivity contribution is 7.47. The Balaban J connectivity index is 4.34. The molecule has 0 aromatic carbocycles. The summed E-state index contributed by atoms with van der Waals surface area (Å²) < 4.78 is 32.7. The minimum absolute atomic E-state index is 0.178. The molecule has 0 radical (unpaired) electrons. The van der Waals surface area contributed by atoms with Crippen molar-refractivity contribution in [1.29, 1.82) is 0 Å². The maximum atomic E-state index is 12.6. The molecule has 0 aromatic heterocycles.